The van der Waals surface area contributed by atoms with E-state index in [1.165, 1.54) is 14.2 Å². The second-order valence-corrected chi connectivity index (χ2v) is 3.42. The van der Waals surface area contributed by atoms with E-state index in [4.69, 9.17) is 9.47 Å². The van der Waals surface area contributed by atoms with E-state index in [2.05, 4.69) is 0 Å². The first-order chi connectivity index (χ1) is 8.11. The van der Waals surface area contributed by atoms with Gasteiger partial charge in [-0.2, -0.15) is 0 Å². The fourth-order valence-corrected chi connectivity index (χ4v) is 1.71. The Kier molecular flexibility index (Phi) is 2.59. The third-order valence-electron chi connectivity index (χ3n) is 2.56. The van der Waals surface area contributed by atoms with Gasteiger partial charge in [-0.3, -0.25) is 9.59 Å². The quantitative estimate of drug-likeness (QED) is 0.790. The van der Waals surface area contributed by atoms with Gasteiger partial charge in [0.25, 0.3) is 5.43 Å². The molecule has 88 valence electrons. The van der Waals surface area contributed by atoms with Gasteiger partial charge in [0.15, 0.2) is 17.2 Å². The highest BCUT2D eigenvalue weighted by atomic mass is 16.5. The molecule has 0 fully saturated rings. The molecular weight excluding hydrogens is 224 g/mol. The zero-order chi connectivity index (χ0) is 12.6. The maximum absolute atomic E-state index is 11.4. The molecule has 2 aromatic rings. The zero-order valence-corrected chi connectivity index (χ0v) is 9.31. The molecule has 5 heteroatoms. The normalized spacial score (nSPS) is 10.5. The van der Waals surface area contributed by atoms with Crippen LogP contribution in [0.25, 0.3) is 11.1 Å². The van der Waals surface area contributed by atoms with Gasteiger partial charge in [-0.05, 0) is 6.07 Å². The molecule has 0 aromatic heterocycles. The van der Waals surface area contributed by atoms with Crippen molar-refractivity contribution in [3.63, 3.8) is 0 Å². The minimum absolute atomic E-state index is 0.0225. The Balaban J connectivity index is 2.69. The van der Waals surface area contributed by atoms with E-state index >= 15 is 0 Å². The number of hydrogen-bond donors (Lipinski definition) is 1. The predicted molar refractivity (Wildman–Crippen MR) is 61.6 cm³/mol. The van der Waals surface area contributed by atoms with Crippen molar-refractivity contribution in [2.45, 2.75) is 0 Å². The lowest BCUT2D eigenvalue weighted by atomic mass is 9.99. The molecule has 17 heavy (non-hydrogen) atoms. The summed E-state index contributed by atoms with van der Waals surface area (Å²) in [6.45, 7) is 0. The molecule has 0 saturated heterocycles. The fourth-order valence-electron chi connectivity index (χ4n) is 1.71. The minimum atomic E-state index is -0.870. The van der Waals surface area contributed by atoms with E-state index in [0.717, 1.165) is 0 Å². The number of aromatic hydroxyl groups is 1. The van der Waals surface area contributed by atoms with Crippen molar-refractivity contribution in [1.82, 2.24) is 0 Å². The standard InChI is InChI=1S/C12H10O5/c1-16-7-5-3-4-6(12(7)17-2)8-9(13)11(15)10(8)14/h3-5,13H,1-2H3. The van der Waals surface area contributed by atoms with Gasteiger partial charge in [-0.15, -0.1) is 0 Å². The Morgan fingerprint density at radius 2 is 1.76 bits per heavy atom. The number of methoxy groups -OCH3 is 2. The Morgan fingerprint density at radius 1 is 1.06 bits per heavy atom. The van der Waals surface area contributed by atoms with Gasteiger partial charge in [0.05, 0.1) is 19.8 Å². The van der Waals surface area contributed by atoms with Gasteiger partial charge in [-0.1, -0.05) is 12.1 Å². The summed E-state index contributed by atoms with van der Waals surface area (Å²) in [7, 11) is 2.88. The van der Waals surface area contributed by atoms with Crippen molar-refractivity contribution in [1.29, 1.82) is 0 Å². The van der Waals surface area contributed by atoms with Crippen LogP contribution < -0.4 is 20.3 Å². The molecule has 5 nitrogen and oxygen atoms in total. The Hall–Kier alpha value is -2.30. The molecule has 2 aromatic carbocycles. The van der Waals surface area contributed by atoms with Gasteiger partial charge in [0, 0.05) is 5.56 Å². The highest BCUT2D eigenvalue weighted by molar-refractivity contribution is 5.80. The highest BCUT2D eigenvalue weighted by Gasteiger charge is 2.25. The van der Waals surface area contributed by atoms with Gasteiger partial charge in [0.1, 0.15) is 0 Å². The van der Waals surface area contributed by atoms with Crippen LogP contribution in [0.2, 0.25) is 0 Å². The lowest BCUT2D eigenvalue weighted by Gasteiger charge is -2.13. The van der Waals surface area contributed by atoms with Gasteiger partial charge < -0.3 is 14.6 Å². The number of para-hydroxylation sites is 1. The summed E-state index contributed by atoms with van der Waals surface area (Å²) in [6, 6.07) is 4.88. The van der Waals surface area contributed by atoms with Crippen molar-refractivity contribution in [2.75, 3.05) is 14.2 Å². The van der Waals surface area contributed by atoms with Crippen LogP contribution in [-0.2, 0) is 0 Å². The summed E-state index contributed by atoms with van der Waals surface area (Å²) in [5.41, 5.74) is -1.25. The molecule has 0 amide bonds. The third-order valence-corrected chi connectivity index (χ3v) is 2.56. The number of ether oxygens (including phenoxy) is 2. The predicted octanol–water partition coefficient (Wildman–Crippen LogP) is 0.672. The lowest BCUT2D eigenvalue weighted by molar-refractivity contribution is 0.356. The molecule has 0 aliphatic rings. The first kappa shape index (κ1) is 11.2. The maximum Gasteiger partial charge on any atom is 0.268 e. The van der Waals surface area contributed by atoms with Crippen LogP contribution in [0.4, 0.5) is 0 Å². The number of hydrogen-bond acceptors (Lipinski definition) is 5. The Labute approximate surface area is 96.5 Å². The van der Waals surface area contributed by atoms with E-state index in [-0.39, 0.29) is 5.56 Å². The van der Waals surface area contributed by atoms with Crippen LogP contribution in [0.5, 0.6) is 17.2 Å². The number of rotatable bonds is 3. The average molecular weight is 234 g/mol. The van der Waals surface area contributed by atoms with Crippen molar-refractivity contribution in [2.24, 2.45) is 0 Å². The zero-order valence-electron chi connectivity index (χ0n) is 9.31. The van der Waals surface area contributed by atoms with Crippen LogP contribution >= 0.6 is 0 Å². The van der Waals surface area contributed by atoms with Gasteiger partial charge in [-0.25, -0.2) is 0 Å². The van der Waals surface area contributed by atoms with Crippen LogP contribution in [0, 0.1) is 0 Å². The molecule has 0 saturated carbocycles. The molecule has 0 atom stereocenters. The summed E-state index contributed by atoms with van der Waals surface area (Å²) in [4.78, 5) is 22.3. The maximum atomic E-state index is 11.4. The monoisotopic (exact) mass is 234 g/mol. The number of benzene rings is 1. The van der Waals surface area contributed by atoms with Crippen molar-refractivity contribution < 1.29 is 14.6 Å². The fraction of sp³-hybridized carbons (Fsp3) is 0.167. The molecule has 0 aliphatic carbocycles. The van der Waals surface area contributed by atoms with Gasteiger partial charge >= 0.3 is 0 Å². The first-order valence-electron chi connectivity index (χ1n) is 4.85. The lowest BCUT2D eigenvalue weighted by Crippen LogP contribution is -2.31. The third kappa shape index (κ3) is 1.47. The van der Waals surface area contributed by atoms with Crippen molar-refractivity contribution in [3.05, 3.63) is 38.6 Å². The molecule has 0 spiro atoms. The molecule has 0 unspecified atom stereocenters. The van der Waals surface area contributed by atoms with E-state index < -0.39 is 16.6 Å². The van der Waals surface area contributed by atoms with Crippen LogP contribution in [0.3, 0.4) is 0 Å². The van der Waals surface area contributed by atoms with Crippen LogP contribution in [0.1, 0.15) is 0 Å². The molecule has 2 rings (SSSR count). The minimum Gasteiger partial charge on any atom is -0.503 e. The average Bonchev–Trinajstić information content (AvgIpc) is 2.38. The van der Waals surface area contributed by atoms with E-state index in [1.807, 2.05) is 0 Å². The van der Waals surface area contributed by atoms with Gasteiger partial charge in [0.2, 0.25) is 5.43 Å². The van der Waals surface area contributed by atoms with Crippen molar-refractivity contribution in [3.8, 4) is 28.4 Å². The molecule has 1 N–H and O–H groups in total. The van der Waals surface area contributed by atoms with E-state index in [1.54, 1.807) is 18.2 Å². The summed E-state index contributed by atoms with van der Waals surface area (Å²) < 4.78 is 10.2. The van der Waals surface area contributed by atoms with Crippen LogP contribution in [0.15, 0.2) is 27.8 Å². The molecule has 0 bridgehead atoms. The Morgan fingerprint density at radius 3 is 2.29 bits per heavy atom. The Bertz CT molecular complexity index is 635. The second kappa shape index (κ2) is 3.93. The van der Waals surface area contributed by atoms with E-state index in [9.17, 15) is 14.7 Å². The smallest absolute Gasteiger partial charge is 0.268 e. The highest BCUT2D eigenvalue weighted by Crippen LogP contribution is 2.39. The van der Waals surface area contributed by atoms with Crippen molar-refractivity contribution >= 4 is 0 Å². The summed E-state index contributed by atoms with van der Waals surface area (Å²) in [5.74, 6) is 0.219. The summed E-state index contributed by atoms with van der Waals surface area (Å²) >= 11 is 0. The van der Waals surface area contributed by atoms with E-state index in [0.29, 0.717) is 17.1 Å². The first-order valence-corrected chi connectivity index (χ1v) is 4.85. The largest absolute Gasteiger partial charge is 0.503 e. The molecule has 0 heterocycles. The second-order valence-electron chi connectivity index (χ2n) is 3.42. The molecule has 0 radical (unpaired) electrons. The SMILES string of the molecule is COc1cccc(-c2c(O)c(=O)c2=O)c1OC. The summed E-state index contributed by atoms with van der Waals surface area (Å²) in [5, 5.41) is 9.40. The molecule has 0 aliphatic heterocycles. The molecular formula is C12H10O5. The van der Waals surface area contributed by atoms with Crippen LogP contribution in [-0.4, -0.2) is 19.3 Å². The summed E-state index contributed by atoms with van der Waals surface area (Å²) in [6.07, 6.45) is 0. The topological polar surface area (TPSA) is 72.8 Å².